The molecule has 2 aromatic rings. The maximum Gasteiger partial charge on any atom is 0.125 e. The predicted octanol–water partition coefficient (Wildman–Crippen LogP) is 2.28. The standard InChI is InChI=1S/C20H27FN4O2/c1-24-11-17(10-23-24)12-25-5-6-26-15-20(14-25)8-16(13-27-20)9-22-19-4-2-3-18(21)7-19/h2-4,7,10-11,16,22H,5-6,8-9,12-15H2,1H3/t16-,20-/m1/s1. The first kappa shape index (κ1) is 18.4. The highest BCUT2D eigenvalue weighted by atomic mass is 19.1. The van der Waals surface area contributed by atoms with Crippen LogP contribution in [-0.2, 0) is 23.1 Å². The van der Waals surface area contributed by atoms with Gasteiger partial charge < -0.3 is 14.8 Å². The summed E-state index contributed by atoms with van der Waals surface area (Å²) in [5, 5.41) is 7.59. The maximum atomic E-state index is 13.3. The number of aryl methyl sites for hydroxylation is 1. The van der Waals surface area contributed by atoms with Gasteiger partial charge in [0.25, 0.3) is 0 Å². The number of ether oxygens (including phenoxy) is 2. The minimum atomic E-state index is -0.257. The Morgan fingerprint density at radius 3 is 3.15 bits per heavy atom. The smallest absolute Gasteiger partial charge is 0.125 e. The van der Waals surface area contributed by atoms with Gasteiger partial charge >= 0.3 is 0 Å². The monoisotopic (exact) mass is 374 g/mol. The van der Waals surface area contributed by atoms with E-state index in [1.165, 1.54) is 17.7 Å². The van der Waals surface area contributed by atoms with Gasteiger partial charge in [-0.05, 0) is 24.6 Å². The van der Waals surface area contributed by atoms with Gasteiger partial charge in [-0.15, -0.1) is 0 Å². The van der Waals surface area contributed by atoms with Crippen molar-refractivity contribution in [3.05, 3.63) is 48.0 Å². The van der Waals surface area contributed by atoms with Crippen molar-refractivity contribution in [1.82, 2.24) is 14.7 Å². The number of nitrogens with zero attached hydrogens (tertiary/aromatic N) is 3. The highest BCUT2D eigenvalue weighted by Crippen LogP contribution is 2.33. The van der Waals surface area contributed by atoms with E-state index in [2.05, 4.69) is 21.5 Å². The summed E-state index contributed by atoms with van der Waals surface area (Å²) < 4.78 is 27.3. The predicted molar refractivity (Wildman–Crippen MR) is 101 cm³/mol. The summed E-state index contributed by atoms with van der Waals surface area (Å²) in [6, 6.07) is 6.59. The molecule has 4 rings (SSSR count). The van der Waals surface area contributed by atoms with E-state index in [9.17, 15) is 4.39 Å². The number of benzene rings is 1. The van der Waals surface area contributed by atoms with Gasteiger partial charge in [0.1, 0.15) is 11.4 Å². The minimum Gasteiger partial charge on any atom is -0.385 e. The van der Waals surface area contributed by atoms with Gasteiger partial charge in [-0.2, -0.15) is 5.10 Å². The largest absolute Gasteiger partial charge is 0.385 e. The lowest BCUT2D eigenvalue weighted by Gasteiger charge is -2.31. The number of aromatic nitrogens is 2. The Hall–Kier alpha value is -1.96. The molecule has 2 saturated heterocycles. The summed E-state index contributed by atoms with van der Waals surface area (Å²) >= 11 is 0. The van der Waals surface area contributed by atoms with E-state index in [1.54, 1.807) is 6.07 Å². The molecule has 3 heterocycles. The minimum absolute atomic E-state index is 0.220. The molecule has 1 aromatic carbocycles. The first-order valence-corrected chi connectivity index (χ1v) is 9.51. The van der Waals surface area contributed by atoms with Gasteiger partial charge in [0.15, 0.2) is 0 Å². The van der Waals surface area contributed by atoms with E-state index in [0.717, 1.165) is 44.9 Å². The van der Waals surface area contributed by atoms with Crippen molar-refractivity contribution in [2.75, 3.05) is 44.8 Å². The third-order valence-electron chi connectivity index (χ3n) is 5.30. The number of nitrogens with one attached hydrogen (secondary N) is 1. The van der Waals surface area contributed by atoms with Crippen LogP contribution in [0.15, 0.2) is 36.7 Å². The molecule has 0 saturated carbocycles. The van der Waals surface area contributed by atoms with Crippen LogP contribution in [0.5, 0.6) is 0 Å². The Kier molecular flexibility index (Phi) is 5.43. The molecule has 0 radical (unpaired) electrons. The van der Waals surface area contributed by atoms with Crippen LogP contribution >= 0.6 is 0 Å². The zero-order valence-corrected chi connectivity index (χ0v) is 15.7. The van der Waals surface area contributed by atoms with Crippen molar-refractivity contribution < 1.29 is 13.9 Å². The summed E-state index contributed by atoms with van der Waals surface area (Å²) in [7, 11) is 1.94. The molecule has 0 amide bonds. The Morgan fingerprint density at radius 1 is 1.41 bits per heavy atom. The highest BCUT2D eigenvalue weighted by molar-refractivity contribution is 5.43. The zero-order chi connectivity index (χ0) is 18.7. The molecule has 7 heteroatoms. The fourth-order valence-electron chi connectivity index (χ4n) is 4.07. The van der Waals surface area contributed by atoms with Crippen molar-refractivity contribution >= 4 is 5.69 Å². The number of rotatable bonds is 5. The lowest BCUT2D eigenvalue weighted by atomic mass is 9.94. The molecule has 1 spiro atoms. The van der Waals surface area contributed by atoms with Crippen LogP contribution in [0.25, 0.3) is 0 Å². The van der Waals surface area contributed by atoms with E-state index >= 15 is 0 Å². The van der Waals surface area contributed by atoms with Gasteiger partial charge in [0, 0.05) is 56.6 Å². The molecule has 2 fully saturated rings. The maximum absolute atomic E-state index is 13.3. The van der Waals surface area contributed by atoms with Gasteiger partial charge in [0.05, 0.1) is 26.0 Å². The van der Waals surface area contributed by atoms with Crippen molar-refractivity contribution in [3.8, 4) is 0 Å². The molecule has 6 nitrogen and oxygen atoms in total. The quantitative estimate of drug-likeness (QED) is 0.870. The van der Waals surface area contributed by atoms with Gasteiger partial charge in [0.2, 0.25) is 0 Å². The van der Waals surface area contributed by atoms with Crippen LogP contribution < -0.4 is 5.32 Å². The molecule has 146 valence electrons. The van der Waals surface area contributed by atoms with Crippen molar-refractivity contribution in [1.29, 1.82) is 0 Å². The van der Waals surface area contributed by atoms with E-state index < -0.39 is 0 Å². The molecule has 1 aromatic heterocycles. The van der Waals surface area contributed by atoms with Crippen LogP contribution in [0.4, 0.5) is 10.1 Å². The second kappa shape index (κ2) is 7.96. The topological polar surface area (TPSA) is 51.5 Å². The summed E-state index contributed by atoms with van der Waals surface area (Å²) in [6.07, 6.45) is 4.91. The lowest BCUT2D eigenvalue weighted by molar-refractivity contribution is -0.0562. The third kappa shape index (κ3) is 4.66. The van der Waals surface area contributed by atoms with Crippen molar-refractivity contribution in [2.45, 2.75) is 18.6 Å². The third-order valence-corrected chi connectivity index (χ3v) is 5.30. The van der Waals surface area contributed by atoms with Crippen LogP contribution in [0.2, 0.25) is 0 Å². The molecule has 0 aliphatic carbocycles. The molecule has 27 heavy (non-hydrogen) atoms. The van der Waals surface area contributed by atoms with Gasteiger partial charge in [-0.3, -0.25) is 9.58 Å². The molecule has 2 aliphatic rings. The highest BCUT2D eigenvalue weighted by Gasteiger charge is 2.43. The SMILES string of the molecule is Cn1cc(CN2CCOC[C@@]3(C[C@H](CNc4cccc(F)c4)CO3)C2)cn1. The zero-order valence-electron chi connectivity index (χ0n) is 15.7. The van der Waals surface area contributed by atoms with Crippen LogP contribution in [0.1, 0.15) is 12.0 Å². The van der Waals surface area contributed by atoms with Crippen LogP contribution in [0, 0.1) is 11.7 Å². The number of hydrogen-bond acceptors (Lipinski definition) is 5. The average molecular weight is 374 g/mol. The van der Waals surface area contributed by atoms with Crippen molar-refractivity contribution in [2.24, 2.45) is 13.0 Å². The molecule has 2 atom stereocenters. The Bertz CT molecular complexity index is 768. The molecule has 0 unspecified atom stereocenters. The summed E-state index contributed by atoms with van der Waals surface area (Å²) in [5.74, 6) is 0.164. The van der Waals surface area contributed by atoms with E-state index in [0.29, 0.717) is 19.1 Å². The molecular weight excluding hydrogens is 347 g/mol. The van der Waals surface area contributed by atoms with Crippen LogP contribution in [-0.4, -0.2) is 59.7 Å². The fraction of sp³-hybridized carbons (Fsp3) is 0.550. The summed E-state index contributed by atoms with van der Waals surface area (Å²) in [5.41, 5.74) is 1.76. The molecule has 2 aliphatic heterocycles. The van der Waals surface area contributed by atoms with E-state index in [1.807, 2.05) is 24.0 Å². The van der Waals surface area contributed by atoms with Gasteiger partial charge in [-0.1, -0.05) is 6.07 Å². The first-order chi connectivity index (χ1) is 13.1. The summed E-state index contributed by atoms with van der Waals surface area (Å²) in [4.78, 5) is 2.40. The number of anilines is 1. The number of halogens is 1. The summed E-state index contributed by atoms with van der Waals surface area (Å²) in [6.45, 7) is 5.43. The molecule has 1 N–H and O–H groups in total. The Balaban J connectivity index is 1.34. The fourth-order valence-corrected chi connectivity index (χ4v) is 4.07. The Morgan fingerprint density at radius 2 is 2.33 bits per heavy atom. The van der Waals surface area contributed by atoms with Gasteiger partial charge in [-0.25, -0.2) is 4.39 Å². The first-order valence-electron chi connectivity index (χ1n) is 9.51. The molecular formula is C20H27FN4O2. The van der Waals surface area contributed by atoms with Crippen molar-refractivity contribution in [3.63, 3.8) is 0 Å². The Labute approximate surface area is 159 Å². The number of hydrogen-bond donors (Lipinski definition) is 1. The normalized spacial score (nSPS) is 26.4. The second-order valence-corrected chi connectivity index (χ2v) is 7.74. The van der Waals surface area contributed by atoms with Crippen LogP contribution in [0.3, 0.4) is 0 Å². The average Bonchev–Trinajstić information content (AvgIpc) is 3.17. The van der Waals surface area contributed by atoms with E-state index in [4.69, 9.17) is 9.47 Å². The second-order valence-electron chi connectivity index (χ2n) is 7.74. The molecule has 0 bridgehead atoms. The lowest BCUT2D eigenvalue weighted by Crippen LogP contribution is -2.43. The van der Waals surface area contributed by atoms with E-state index in [-0.39, 0.29) is 11.4 Å².